The number of fused-ring (bicyclic) bond motifs is 1. The van der Waals surface area contributed by atoms with Gasteiger partial charge in [0.25, 0.3) is 5.91 Å². The average Bonchev–Trinajstić information content (AvgIpc) is 2.96. The van der Waals surface area contributed by atoms with Gasteiger partial charge in [-0.05, 0) is 36.4 Å². The van der Waals surface area contributed by atoms with E-state index in [-0.39, 0.29) is 11.8 Å². The first-order valence-corrected chi connectivity index (χ1v) is 8.00. The summed E-state index contributed by atoms with van der Waals surface area (Å²) in [4.78, 5) is 27.7. The second kappa shape index (κ2) is 6.67. The van der Waals surface area contributed by atoms with Crippen LogP contribution in [0.15, 0.2) is 42.5 Å². The van der Waals surface area contributed by atoms with Gasteiger partial charge in [0, 0.05) is 24.2 Å². The van der Waals surface area contributed by atoms with Crippen LogP contribution in [0, 0.1) is 0 Å². The van der Waals surface area contributed by atoms with Crippen molar-refractivity contribution in [2.24, 2.45) is 0 Å². The van der Waals surface area contributed by atoms with Gasteiger partial charge in [-0.2, -0.15) is 0 Å². The van der Waals surface area contributed by atoms with Gasteiger partial charge in [0.1, 0.15) is 5.75 Å². The van der Waals surface area contributed by atoms with E-state index in [1.54, 1.807) is 31.4 Å². The Morgan fingerprint density at radius 1 is 1.08 bits per heavy atom. The zero-order valence-electron chi connectivity index (χ0n) is 13.1. The summed E-state index contributed by atoms with van der Waals surface area (Å²) in [6.45, 7) is 1.43. The van der Waals surface area contributed by atoms with E-state index in [9.17, 15) is 9.59 Å². The van der Waals surface area contributed by atoms with E-state index < -0.39 is 0 Å². The van der Waals surface area contributed by atoms with Gasteiger partial charge in [0.15, 0.2) is 5.13 Å². The Kier molecular flexibility index (Phi) is 4.43. The summed E-state index contributed by atoms with van der Waals surface area (Å²) in [5, 5.41) is 5.96. The molecule has 2 aromatic carbocycles. The summed E-state index contributed by atoms with van der Waals surface area (Å²) in [5.74, 6) is 0.312. The first-order valence-electron chi connectivity index (χ1n) is 7.19. The zero-order valence-corrected chi connectivity index (χ0v) is 13.9. The van der Waals surface area contributed by atoms with Crippen LogP contribution in [0.5, 0.6) is 5.75 Å². The molecule has 0 saturated heterocycles. The second-order valence-electron chi connectivity index (χ2n) is 5.07. The van der Waals surface area contributed by atoms with E-state index in [0.717, 1.165) is 16.0 Å². The Morgan fingerprint density at radius 3 is 2.50 bits per heavy atom. The number of benzene rings is 2. The number of ether oxygens (including phenoxy) is 1. The van der Waals surface area contributed by atoms with Gasteiger partial charge in [-0.1, -0.05) is 11.3 Å². The number of nitrogens with one attached hydrogen (secondary N) is 2. The first kappa shape index (κ1) is 15.9. The van der Waals surface area contributed by atoms with E-state index in [1.807, 2.05) is 18.2 Å². The van der Waals surface area contributed by atoms with Crippen molar-refractivity contribution in [3.63, 3.8) is 0 Å². The van der Waals surface area contributed by atoms with Crippen LogP contribution >= 0.6 is 11.3 Å². The Hall–Kier alpha value is -2.93. The molecule has 0 saturated carbocycles. The lowest BCUT2D eigenvalue weighted by Gasteiger charge is -2.04. The van der Waals surface area contributed by atoms with Gasteiger partial charge in [0.05, 0.1) is 17.3 Å². The third kappa shape index (κ3) is 3.52. The van der Waals surface area contributed by atoms with Gasteiger partial charge in [-0.15, -0.1) is 0 Å². The average molecular weight is 341 g/mol. The quantitative estimate of drug-likeness (QED) is 0.761. The first-order chi connectivity index (χ1) is 11.5. The van der Waals surface area contributed by atoms with Crippen LogP contribution in [0.4, 0.5) is 10.8 Å². The Bertz CT molecular complexity index is 903. The molecule has 7 heteroatoms. The van der Waals surface area contributed by atoms with E-state index in [2.05, 4.69) is 15.6 Å². The lowest BCUT2D eigenvalue weighted by Crippen LogP contribution is -2.12. The standard InChI is InChI=1S/C17H15N3O3S/c1-10(21)18-12-5-3-11(4-6-12)16(22)20-17-19-14-9-13(23-2)7-8-15(14)24-17/h3-9H,1-2H3,(H,18,21)(H,19,20,22). The number of thiazole rings is 1. The lowest BCUT2D eigenvalue weighted by molar-refractivity contribution is -0.114. The molecule has 0 aliphatic carbocycles. The Labute approximate surface area is 142 Å². The van der Waals surface area contributed by atoms with Gasteiger partial charge in [-0.3, -0.25) is 14.9 Å². The van der Waals surface area contributed by atoms with Crippen molar-refractivity contribution in [1.29, 1.82) is 0 Å². The highest BCUT2D eigenvalue weighted by Crippen LogP contribution is 2.29. The maximum atomic E-state index is 12.3. The fraction of sp³-hybridized carbons (Fsp3) is 0.118. The summed E-state index contributed by atoms with van der Waals surface area (Å²) in [6.07, 6.45) is 0. The number of carbonyl (C=O) groups excluding carboxylic acids is 2. The predicted octanol–water partition coefficient (Wildman–Crippen LogP) is 3.52. The fourth-order valence-corrected chi connectivity index (χ4v) is 3.01. The maximum Gasteiger partial charge on any atom is 0.257 e. The van der Waals surface area contributed by atoms with Crippen LogP contribution in [0.2, 0.25) is 0 Å². The minimum Gasteiger partial charge on any atom is -0.497 e. The molecular formula is C17H15N3O3S. The molecule has 2 amide bonds. The number of aromatic nitrogens is 1. The van der Waals surface area contributed by atoms with E-state index in [0.29, 0.717) is 16.4 Å². The summed E-state index contributed by atoms with van der Waals surface area (Å²) in [5.41, 5.74) is 1.91. The SMILES string of the molecule is COc1ccc2sc(NC(=O)c3ccc(NC(C)=O)cc3)nc2c1. The third-order valence-electron chi connectivity index (χ3n) is 3.28. The van der Waals surface area contributed by atoms with Crippen molar-refractivity contribution in [3.8, 4) is 5.75 Å². The molecular weight excluding hydrogens is 326 g/mol. The molecule has 0 unspecified atom stereocenters. The number of hydrogen-bond acceptors (Lipinski definition) is 5. The number of rotatable bonds is 4. The highest BCUT2D eigenvalue weighted by molar-refractivity contribution is 7.22. The number of anilines is 2. The number of nitrogens with zero attached hydrogens (tertiary/aromatic N) is 1. The Balaban J connectivity index is 1.75. The summed E-state index contributed by atoms with van der Waals surface area (Å²) >= 11 is 1.40. The largest absolute Gasteiger partial charge is 0.497 e. The van der Waals surface area contributed by atoms with E-state index in [1.165, 1.54) is 18.3 Å². The third-order valence-corrected chi connectivity index (χ3v) is 4.23. The van der Waals surface area contributed by atoms with Crippen LogP contribution in [0.3, 0.4) is 0 Å². The minimum atomic E-state index is -0.254. The van der Waals surface area contributed by atoms with Crippen LogP contribution in [-0.2, 0) is 4.79 Å². The van der Waals surface area contributed by atoms with E-state index >= 15 is 0 Å². The van der Waals surface area contributed by atoms with E-state index in [4.69, 9.17) is 4.74 Å². The maximum absolute atomic E-state index is 12.3. The van der Waals surface area contributed by atoms with Gasteiger partial charge in [0.2, 0.25) is 5.91 Å². The molecule has 1 heterocycles. The smallest absolute Gasteiger partial charge is 0.257 e. The van der Waals surface area contributed by atoms with Crippen molar-refractivity contribution in [2.75, 3.05) is 17.7 Å². The summed E-state index contributed by atoms with van der Waals surface area (Å²) in [6, 6.07) is 12.2. The van der Waals surface area contributed by atoms with Crippen molar-refractivity contribution in [2.45, 2.75) is 6.92 Å². The topological polar surface area (TPSA) is 80.3 Å². The molecule has 0 bridgehead atoms. The van der Waals surface area contributed by atoms with Crippen LogP contribution in [-0.4, -0.2) is 23.9 Å². The molecule has 122 valence electrons. The molecule has 1 aromatic heterocycles. The predicted molar refractivity (Wildman–Crippen MR) is 94.9 cm³/mol. The summed E-state index contributed by atoms with van der Waals surface area (Å²) in [7, 11) is 1.60. The molecule has 0 radical (unpaired) electrons. The fourth-order valence-electron chi connectivity index (χ4n) is 2.17. The number of methoxy groups -OCH3 is 1. The number of carbonyl (C=O) groups is 2. The Morgan fingerprint density at radius 2 is 1.83 bits per heavy atom. The highest BCUT2D eigenvalue weighted by Gasteiger charge is 2.10. The minimum absolute atomic E-state index is 0.155. The van der Waals surface area contributed by atoms with Crippen molar-refractivity contribution >= 4 is 44.2 Å². The molecule has 0 fully saturated rings. The van der Waals surface area contributed by atoms with Crippen molar-refractivity contribution in [3.05, 3.63) is 48.0 Å². The molecule has 0 aliphatic rings. The highest BCUT2D eigenvalue weighted by atomic mass is 32.1. The normalized spacial score (nSPS) is 10.4. The van der Waals surface area contributed by atoms with Crippen molar-refractivity contribution < 1.29 is 14.3 Å². The van der Waals surface area contributed by atoms with Crippen LogP contribution in [0.1, 0.15) is 17.3 Å². The second-order valence-corrected chi connectivity index (χ2v) is 6.10. The molecule has 3 rings (SSSR count). The molecule has 0 spiro atoms. The van der Waals surface area contributed by atoms with Crippen LogP contribution < -0.4 is 15.4 Å². The molecule has 24 heavy (non-hydrogen) atoms. The zero-order chi connectivity index (χ0) is 17.1. The molecule has 2 N–H and O–H groups in total. The van der Waals surface area contributed by atoms with Gasteiger partial charge < -0.3 is 10.1 Å². The monoisotopic (exact) mass is 341 g/mol. The molecule has 0 aliphatic heterocycles. The van der Waals surface area contributed by atoms with Crippen molar-refractivity contribution in [1.82, 2.24) is 4.98 Å². The molecule has 6 nitrogen and oxygen atoms in total. The summed E-state index contributed by atoms with van der Waals surface area (Å²) < 4.78 is 6.13. The lowest BCUT2D eigenvalue weighted by atomic mass is 10.2. The van der Waals surface area contributed by atoms with Gasteiger partial charge >= 0.3 is 0 Å². The molecule has 0 atom stereocenters. The van der Waals surface area contributed by atoms with Gasteiger partial charge in [-0.25, -0.2) is 4.98 Å². The number of amides is 2. The van der Waals surface area contributed by atoms with Crippen LogP contribution in [0.25, 0.3) is 10.2 Å². The molecule has 3 aromatic rings. The number of hydrogen-bond donors (Lipinski definition) is 2.